The van der Waals surface area contributed by atoms with E-state index in [2.05, 4.69) is 16.6 Å². The van der Waals surface area contributed by atoms with Gasteiger partial charge >= 0.3 is 0 Å². The first-order chi connectivity index (χ1) is 8.74. The summed E-state index contributed by atoms with van der Waals surface area (Å²) in [7, 11) is 0. The molecule has 0 N–H and O–H groups in total. The molecule has 1 rings (SSSR count). The van der Waals surface area contributed by atoms with Crippen LogP contribution in [0.4, 0.5) is 0 Å². The summed E-state index contributed by atoms with van der Waals surface area (Å²) >= 11 is 0. The Balaban J connectivity index is 0.000000360. The topological polar surface area (TPSA) is 48.4 Å². The molecule has 18 heavy (non-hydrogen) atoms. The zero-order valence-electron chi connectivity index (χ0n) is 11.5. The van der Waals surface area contributed by atoms with Crippen LogP contribution in [0.5, 0.6) is 5.75 Å². The Bertz CT molecular complexity index is 290. The van der Waals surface area contributed by atoms with Crippen LogP contribution in [0.3, 0.4) is 0 Å². The number of ether oxygens (including phenoxy) is 2. The van der Waals surface area contributed by atoms with Gasteiger partial charge in [0.05, 0.1) is 12.7 Å². The van der Waals surface area contributed by atoms with Gasteiger partial charge in [0, 0.05) is 12.4 Å². The normalized spacial score (nSPS) is 10.8. The lowest BCUT2D eigenvalue weighted by Gasteiger charge is -2.02. The summed E-state index contributed by atoms with van der Waals surface area (Å²) in [6.45, 7) is 7.26. The number of pyridine rings is 1. The smallest absolute Gasteiger partial charge is 0.293 e. The van der Waals surface area contributed by atoms with Crippen LogP contribution in [0.1, 0.15) is 40.0 Å². The summed E-state index contributed by atoms with van der Waals surface area (Å²) < 4.78 is 9.92. The second-order valence-electron chi connectivity index (χ2n) is 3.84. The standard InChI is InChI=1S/C9H13NO.C5H10O2/c1-2-3-8-11-9-4-6-10-7-5-9;1-3-5(2)7-4-6/h4-7H,2-3,8H2,1H3;4-5H,3H2,1-2H3. The van der Waals surface area contributed by atoms with Gasteiger partial charge in [-0.15, -0.1) is 0 Å². The van der Waals surface area contributed by atoms with Gasteiger partial charge in [0.15, 0.2) is 0 Å². The fraction of sp³-hybridized carbons (Fsp3) is 0.571. The van der Waals surface area contributed by atoms with Crippen molar-refractivity contribution in [2.45, 2.75) is 46.1 Å². The number of nitrogens with zero attached hydrogens (tertiary/aromatic N) is 1. The molecule has 0 saturated heterocycles. The van der Waals surface area contributed by atoms with Gasteiger partial charge in [-0.2, -0.15) is 0 Å². The fourth-order valence-corrected chi connectivity index (χ4v) is 0.960. The lowest BCUT2D eigenvalue weighted by atomic mass is 10.3. The molecule has 0 aliphatic carbocycles. The van der Waals surface area contributed by atoms with E-state index < -0.39 is 0 Å². The van der Waals surface area contributed by atoms with Crippen LogP contribution in [0, 0.1) is 0 Å². The molecule has 102 valence electrons. The first kappa shape index (κ1) is 16.4. The maximum absolute atomic E-state index is 9.55. The maximum atomic E-state index is 9.55. The van der Waals surface area contributed by atoms with Crippen molar-refractivity contribution in [3.8, 4) is 5.75 Å². The molecule has 1 unspecified atom stereocenters. The van der Waals surface area contributed by atoms with Gasteiger partial charge < -0.3 is 9.47 Å². The van der Waals surface area contributed by atoms with E-state index in [0.29, 0.717) is 6.47 Å². The van der Waals surface area contributed by atoms with Gasteiger partial charge in [-0.3, -0.25) is 9.78 Å². The Kier molecular flexibility index (Phi) is 10.8. The molecule has 4 heteroatoms. The lowest BCUT2D eigenvalue weighted by molar-refractivity contribution is -0.132. The van der Waals surface area contributed by atoms with Gasteiger partial charge in [0.25, 0.3) is 6.47 Å². The fourth-order valence-electron chi connectivity index (χ4n) is 0.960. The molecule has 0 amide bonds. The van der Waals surface area contributed by atoms with Crippen LogP contribution >= 0.6 is 0 Å². The minimum absolute atomic E-state index is 0.0810. The van der Waals surface area contributed by atoms with Gasteiger partial charge in [-0.05, 0) is 31.9 Å². The summed E-state index contributed by atoms with van der Waals surface area (Å²) in [5.74, 6) is 0.911. The first-order valence-corrected chi connectivity index (χ1v) is 6.36. The molecule has 0 bridgehead atoms. The van der Waals surface area contributed by atoms with E-state index in [1.807, 2.05) is 26.0 Å². The van der Waals surface area contributed by atoms with E-state index >= 15 is 0 Å². The Morgan fingerprint density at radius 3 is 2.44 bits per heavy atom. The van der Waals surface area contributed by atoms with Crippen molar-refractivity contribution in [1.82, 2.24) is 4.98 Å². The van der Waals surface area contributed by atoms with Crippen molar-refractivity contribution < 1.29 is 14.3 Å². The minimum atomic E-state index is 0.0810. The molecule has 0 saturated carbocycles. The maximum Gasteiger partial charge on any atom is 0.293 e. The first-order valence-electron chi connectivity index (χ1n) is 6.36. The summed E-state index contributed by atoms with van der Waals surface area (Å²) in [5.41, 5.74) is 0. The van der Waals surface area contributed by atoms with E-state index in [0.717, 1.165) is 25.2 Å². The van der Waals surface area contributed by atoms with Gasteiger partial charge in [0.2, 0.25) is 0 Å². The Hall–Kier alpha value is -1.58. The third-order valence-electron chi connectivity index (χ3n) is 2.28. The largest absolute Gasteiger partial charge is 0.493 e. The summed E-state index contributed by atoms with van der Waals surface area (Å²) in [4.78, 5) is 13.4. The highest BCUT2D eigenvalue weighted by atomic mass is 16.5. The van der Waals surface area contributed by atoms with E-state index in [4.69, 9.17) is 4.74 Å². The number of unbranched alkanes of at least 4 members (excludes halogenated alkanes) is 1. The molecular weight excluding hydrogens is 230 g/mol. The molecule has 4 nitrogen and oxygen atoms in total. The van der Waals surface area contributed by atoms with Crippen molar-refractivity contribution in [2.75, 3.05) is 6.61 Å². The Morgan fingerprint density at radius 1 is 1.33 bits per heavy atom. The molecule has 0 fully saturated rings. The highest BCUT2D eigenvalue weighted by Crippen LogP contribution is 2.06. The average molecular weight is 253 g/mol. The molecule has 0 radical (unpaired) electrons. The summed E-state index contributed by atoms with van der Waals surface area (Å²) in [5, 5.41) is 0. The highest BCUT2D eigenvalue weighted by Gasteiger charge is 1.92. The van der Waals surface area contributed by atoms with Gasteiger partial charge in [-0.25, -0.2) is 0 Å². The lowest BCUT2D eigenvalue weighted by Crippen LogP contribution is -2.03. The molecule has 0 aliphatic heterocycles. The number of rotatable bonds is 7. The molecule has 0 aromatic carbocycles. The molecule has 1 atom stereocenters. The quantitative estimate of drug-likeness (QED) is 0.553. The second kappa shape index (κ2) is 11.9. The van der Waals surface area contributed by atoms with E-state index in [9.17, 15) is 4.79 Å². The predicted octanol–water partition coefficient (Wildman–Crippen LogP) is 3.22. The monoisotopic (exact) mass is 253 g/mol. The van der Waals surface area contributed by atoms with Crippen LogP contribution in [0.15, 0.2) is 24.5 Å². The van der Waals surface area contributed by atoms with Gasteiger partial charge in [0.1, 0.15) is 5.75 Å². The average Bonchev–Trinajstić information content (AvgIpc) is 2.41. The molecule has 0 spiro atoms. The zero-order chi connectivity index (χ0) is 13.6. The SMILES string of the molecule is CCC(C)OC=O.CCCCOc1ccncc1. The number of carbonyl (C=O) groups is 1. The molecule has 1 aromatic heterocycles. The van der Waals surface area contributed by atoms with Crippen molar-refractivity contribution >= 4 is 6.47 Å². The van der Waals surface area contributed by atoms with Gasteiger partial charge in [-0.1, -0.05) is 20.3 Å². The predicted molar refractivity (Wildman–Crippen MR) is 71.5 cm³/mol. The van der Waals surface area contributed by atoms with E-state index in [-0.39, 0.29) is 6.10 Å². The summed E-state index contributed by atoms with van der Waals surface area (Å²) in [6, 6.07) is 3.74. The van der Waals surface area contributed by atoms with Crippen LogP contribution in [0.2, 0.25) is 0 Å². The van der Waals surface area contributed by atoms with E-state index in [1.54, 1.807) is 12.4 Å². The van der Waals surface area contributed by atoms with Crippen LogP contribution in [0.25, 0.3) is 0 Å². The van der Waals surface area contributed by atoms with Crippen molar-refractivity contribution in [3.63, 3.8) is 0 Å². The summed E-state index contributed by atoms with van der Waals surface area (Å²) in [6.07, 6.45) is 6.73. The minimum Gasteiger partial charge on any atom is -0.493 e. The molecular formula is C14H23NO3. The highest BCUT2D eigenvalue weighted by molar-refractivity contribution is 5.37. The Morgan fingerprint density at radius 2 is 2.00 bits per heavy atom. The van der Waals surface area contributed by atoms with Crippen LogP contribution in [-0.4, -0.2) is 24.2 Å². The Labute approximate surface area is 109 Å². The third kappa shape index (κ3) is 9.63. The molecule has 1 heterocycles. The number of hydrogen-bond acceptors (Lipinski definition) is 4. The van der Waals surface area contributed by atoms with Crippen LogP contribution < -0.4 is 4.74 Å². The van der Waals surface area contributed by atoms with Crippen molar-refractivity contribution in [1.29, 1.82) is 0 Å². The van der Waals surface area contributed by atoms with Crippen molar-refractivity contribution in [2.24, 2.45) is 0 Å². The number of hydrogen-bond donors (Lipinski definition) is 0. The van der Waals surface area contributed by atoms with Crippen LogP contribution in [-0.2, 0) is 9.53 Å². The van der Waals surface area contributed by atoms with E-state index in [1.165, 1.54) is 6.42 Å². The molecule has 0 aliphatic rings. The number of aromatic nitrogens is 1. The molecule has 1 aromatic rings. The zero-order valence-corrected chi connectivity index (χ0v) is 11.5. The number of carbonyl (C=O) groups excluding carboxylic acids is 1. The van der Waals surface area contributed by atoms with Crippen molar-refractivity contribution in [3.05, 3.63) is 24.5 Å². The third-order valence-corrected chi connectivity index (χ3v) is 2.28. The second-order valence-corrected chi connectivity index (χ2v) is 3.84.